The lowest BCUT2D eigenvalue weighted by atomic mass is 9.94. The van der Waals surface area contributed by atoms with Crippen molar-refractivity contribution in [3.05, 3.63) is 93.0 Å². The van der Waals surface area contributed by atoms with E-state index in [1.165, 1.54) is 0 Å². The summed E-state index contributed by atoms with van der Waals surface area (Å²) in [5.74, 6) is -3.43. The second-order valence-corrected chi connectivity index (χ2v) is 6.98. The van der Waals surface area contributed by atoms with Crippen molar-refractivity contribution in [2.75, 3.05) is 6.54 Å². The number of benzene rings is 2. The van der Waals surface area contributed by atoms with Crippen LogP contribution < -0.4 is 0 Å². The maximum absolute atomic E-state index is 14.5. The molecule has 2 aromatic carbocycles. The van der Waals surface area contributed by atoms with Crippen molar-refractivity contribution in [2.24, 2.45) is 0 Å². The predicted molar refractivity (Wildman–Crippen MR) is 115 cm³/mol. The number of nitrogens with zero attached hydrogens (tertiary/aromatic N) is 1. The molecule has 0 N–H and O–H groups in total. The Hall–Kier alpha value is -2.16. The van der Waals surface area contributed by atoms with Gasteiger partial charge in [-0.1, -0.05) is 50.8 Å². The number of hydrogen-bond donors (Lipinski definition) is 0. The highest BCUT2D eigenvalue weighted by molar-refractivity contribution is 14.1. The molecular formula is C22H19F5IN. The van der Waals surface area contributed by atoms with E-state index in [4.69, 9.17) is 0 Å². The molecule has 154 valence electrons. The first kappa shape index (κ1) is 23.1. The van der Waals surface area contributed by atoms with Gasteiger partial charge < -0.3 is 4.90 Å². The van der Waals surface area contributed by atoms with Crippen LogP contribution in [-0.2, 0) is 0 Å². The highest BCUT2D eigenvalue weighted by Crippen LogP contribution is 2.43. The fourth-order valence-corrected chi connectivity index (χ4v) is 3.51. The molecule has 0 saturated carbocycles. The number of alkyl halides is 2. The lowest BCUT2D eigenvalue weighted by Gasteiger charge is -2.34. The van der Waals surface area contributed by atoms with Gasteiger partial charge in [-0.2, -0.15) is 0 Å². The molecule has 0 saturated heterocycles. The quantitative estimate of drug-likeness (QED) is 0.301. The van der Waals surface area contributed by atoms with E-state index in [9.17, 15) is 22.0 Å². The van der Waals surface area contributed by atoms with E-state index in [2.05, 4.69) is 6.58 Å². The fraction of sp³-hybridized carbons (Fsp3) is 0.182. The van der Waals surface area contributed by atoms with Gasteiger partial charge in [-0.3, -0.25) is 0 Å². The molecule has 0 unspecified atom stereocenters. The van der Waals surface area contributed by atoms with E-state index in [1.54, 1.807) is 36.4 Å². The molecular weight excluding hydrogens is 500 g/mol. The van der Waals surface area contributed by atoms with Gasteiger partial charge in [-0.05, 0) is 34.2 Å². The van der Waals surface area contributed by atoms with Gasteiger partial charge in [0.15, 0.2) is 0 Å². The van der Waals surface area contributed by atoms with Crippen LogP contribution in [-0.4, -0.2) is 17.9 Å². The Balaban J connectivity index is 0.00000145. The van der Waals surface area contributed by atoms with Crippen LogP contribution in [0, 0.1) is 17.5 Å². The minimum atomic E-state index is -2.78. The molecule has 0 amide bonds. The SMILES string of the molecule is C=C1C(I)=CC(c2ccccc2)=C(c2c(F)cc(F)cc2F)N1CC(F)F.CC. The molecule has 2 aromatic rings. The average molecular weight is 519 g/mol. The van der Waals surface area contributed by atoms with Gasteiger partial charge in [-0.15, -0.1) is 0 Å². The second kappa shape index (κ2) is 10.0. The number of hydrogen-bond acceptors (Lipinski definition) is 1. The number of rotatable bonds is 4. The van der Waals surface area contributed by atoms with Crippen LogP contribution in [0.5, 0.6) is 0 Å². The van der Waals surface area contributed by atoms with E-state index in [0.29, 0.717) is 26.8 Å². The molecule has 7 heteroatoms. The zero-order valence-corrected chi connectivity index (χ0v) is 18.0. The third-order valence-corrected chi connectivity index (χ3v) is 4.98. The zero-order valence-electron chi connectivity index (χ0n) is 15.8. The smallest absolute Gasteiger partial charge is 0.256 e. The summed E-state index contributed by atoms with van der Waals surface area (Å²) >= 11 is 1.93. The Morgan fingerprint density at radius 2 is 1.55 bits per heavy atom. The van der Waals surface area contributed by atoms with Gasteiger partial charge in [0.25, 0.3) is 6.43 Å². The van der Waals surface area contributed by atoms with Crippen molar-refractivity contribution in [3.8, 4) is 0 Å². The first-order valence-electron chi connectivity index (χ1n) is 8.86. The van der Waals surface area contributed by atoms with E-state index in [0.717, 1.165) is 4.90 Å². The molecule has 1 heterocycles. The van der Waals surface area contributed by atoms with Crippen molar-refractivity contribution in [2.45, 2.75) is 20.3 Å². The average Bonchev–Trinajstić information content (AvgIpc) is 2.68. The second-order valence-electron chi connectivity index (χ2n) is 5.81. The van der Waals surface area contributed by atoms with Crippen molar-refractivity contribution < 1.29 is 22.0 Å². The molecule has 0 bridgehead atoms. The zero-order chi connectivity index (χ0) is 21.7. The summed E-state index contributed by atoms with van der Waals surface area (Å²) in [7, 11) is 0. The molecule has 0 radical (unpaired) electrons. The Bertz CT molecular complexity index is 928. The molecule has 0 spiro atoms. The molecule has 3 rings (SSSR count). The molecule has 0 aromatic heterocycles. The predicted octanol–water partition coefficient (Wildman–Crippen LogP) is 7.41. The first-order chi connectivity index (χ1) is 13.8. The van der Waals surface area contributed by atoms with Crippen molar-refractivity contribution in [1.82, 2.24) is 4.90 Å². The third-order valence-electron chi connectivity index (χ3n) is 4.05. The van der Waals surface area contributed by atoms with Crippen LogP contribution in [0.25, 0.3) is 11.3 Å². The minimum Gasteiger partial charge on any atom is -0.334 e. The largest absolute Gasteiger partial charge is 0.334 e. The van der Waals surface area contributed by atoms with Crippen LogP contribution >= 0.6 is 22.6 Å². The molecule has 0 fully saturated rings. The van der Waals surface area contributed by atoms with Crippen molar-refractivity contribution >= 4 is 33.9 Å². The topological polar surface area (TPSA) is 3.24 Å². The molecule has 1 nitrogen and oxygen atoms in total. The Kier molecular flexibility index (Phi) is 8.01. The van der Waals surface area contributed by atoms with Crippen LogP contribution in [0.3, 0.4) is 0 Å². The number of allylic oxidation sites excluding steroid dienone is 3. The lowest BCUT2D eigenvalue weighted by Crippen LogP contribution is -2.30. The maximum Gasteiger partial charge on any atom is 0.256 e. The van der Waals surface area contributed by atoms with Gasteiger partial charge in [0.2, 0.25) is 0 Å². The van der Waals surface area contributed by atoms with Crippen LogP contribution in [0.15, 0.2) is 64.4 Å². The van der Waals surface area contributed by atoms with E-state index in [1.807, 2.05) is 36.4 Å². The Morgan fingerprint density at radius 1 is 1.00 bits per heavy atom. The summed E-state index contributed by atoms with van der Waals surface area (Å²) in [6.07, 6.45) is -1.15. The summed E-state index contributed by atoms with van der Waals surface area (Å²) in [5, 5.41) is 0. The summed E-state index contributed by atoms with van der Waals surface area (Å²) in [6, 6.07) is 9.66. The Morgan fingerprint density at radius 3 is 2.07 bits per heavy atom. The summed E-state index contributed by atoms with van der Waals surface area (Å²) < 4.78 is 69.5. The third kappa shape index (κ3) is 5.07. The normalized spacial score (nSPS) is 14.0. The first-order valence-corrected chi connectivity index (χ1v) is 9.94. The van der Waals surface area contributed by atoms with Crippen molar-refractivity contribution in [1.29, 1.82) is 0 Å². The molecule has 1 aliphatic heterocycles. The standard InChI is InChI=1S/C20H13F5IN.C2H6/c1-11-17(26)9-14(12-5-3-2-4-6-12)20(27(11)10-18(24)25)19-15(22)7-13(21)8-16(19)23;1-2/h2-9,18H,1,10H2;1-2H3. The van der Waals surface area contributed by atoms with Gasteiger partial charge in [-0.25, -0.2) is 22.0 Å². The van der Waals surface area contributed by atoms with Crippen molar-refractivity contribution in [3.63, 3.8) is 0 Å². The highest BCUT2D eigenvalue weighted by Gasteiger charge is 2.31. The van der Waals surface area contributed by atoms with Gasteiger partial charge in [0.05, 0.1) is 17.8 Å². The Labute approximate surface area is 180 Å². The summed E-state index contributed by atoms with van der Waals surface area (Å²) in [5.41, 5.74) is 0.432. The monoisotopic (exact) mass is 519 g/mol. The lowest BCUT2D eigenvalue weighted by molar-refractivity contribution is 0.123. The van der Waals surface area contributed by atoms with E-state index >= 15 is 0 Å². The summed E-state index contributed by atoms with van der Waals surface area (Å²) in [4.78, 5) is 1.08. The molecule has 0 atom stereocenters. The fourth-order valence-electron chi connectivity index (χ4n) is 2.90. The molecule has 29 heavy (non-hydrogen) atoms. The summed E-state index contributed by atoms with van der Waals surface area (Å²) in [6.45, 7) is 6.97. The van der Waals surface area contributed by atoms with Crippen LogP contribution in [0.4, 0.5) is 22.0 Å². The van der Waals surface area contributed by atoms with Gasteiger partial charge in [0, 0.05) is 27.0 Å². The minimum absolute atomic E-state index is 0.109. The van der Waals surface area contributed by atoms with Gasteiger partial charge >= 0.3 is 0 Å². The molecule has 1 aliphatic rings. The molecule has 0 aliphatic carbocycles. The maximum atomic E-state index is 14.5. The van der Waals surface area contributed by atoms with Gasteiger partial charge in [0.1, 0.15) is 17.5 Å². The number of halogens is 6. The van der Waals surface area contributed by atoms with Crippen LogP contribution in [0.2, 0.25) is 0 Å². The van der Waals surface area contributed by atoms with Crippen LogP contribution in [0.1, 0.15) is 25.0 Å². The van der Waals surface area contributed by atoms with E-state index in [-0.39, 0.29) is 11.4 Å². The highest BCUT2D eigenvalue weighted by atomic mass is 127. The van der Waals surface area contributed by atoms with E-state index < -0.39 is 36.0 Å².